The number of para-hydroxylation sites is 1. The van der Waals surface area contributed by atoms with Gasteiger partial charge in [0, 0.05) is 5.41 Å². The minimum atomic E-state index is -0.262. The van der Waals surface area contributed by atoms with E-state index in [-0.39, 0.29) is 11.2 Å². The van der Waals surface area contributed by atoms with Crippen molar-refractivity contribution in [3.8, 4) is 0 Å². The number of nitrogens with zero attached hydrogens (tertiary/aromatic N) is 1. The number of benzene rings is 1. The first-order chi connectivity index (χ1) is 7.04. The van der Waals surface area contributed by atoms with Crippen LogP contribution in [0, 0.1) is 5.82 Å². The van der Waals surface area contributed by atoms with Crippen molar-refractivity contribution in [2.45, 2.75) is 32.6 Å². The molecular weight excluding hydrogens is 191 g/mol. The molecule has 2 rings (SSSR count). The molecule has 80 valence electrons. The minimum Gasteiger partial charge on any atom is -0.341 e. The smallest absolute Gasteiger partial charge is 0.151 e. The lowest BCUT2D eigenvalue weighted by atomic mass is 9.90. The van der Waals surface area contributed by atoms with Gasteiger partial charge in [-0.05, 0) is 18.6 Å². The highest BCUT2D eigenvalue weighted by molar-refractivity contribution is 5.75. The zero-order valence-corrected chi connectivity index (χ0v) is 9.26. The van der Waals surface area contributed by atoms with Crippen LogP contribution in [0.3, 0.4) is 0 Å². The van der Waals surface area contributed by atoms with Gasteiger partial charge in [-0.15, -0.1) is 0 Å². The van der Waals surface area contributed by atoms with Crippen LogP contribution >= 0.6 is 0 Å². The second-order valence-corrected chi connectivity index (χ2v) is 4.46. The molecule has 0 saturated heterocycles. The van der Waals surface area contributed by atoms with Gasteiger partial charge in [0.1, 0.15) is 11.3 Å². The van der Waals surface area contributed by atoms with Gasteiger partial charge >= 0.3 is 0 Å². The summed E-state index contributed by atoms with van der Waals surface area (Å²) in [7, 11) is 0. The Morgan fingerprint density at radius 1 is 1.40 bits per heavy atom. The number of hydrogen-bond acceptors (Lipinski definition) is 1. The molecular formula is C12H15FN2. The van der Waals surface area contributed by atoms with Crippen molar-refractivity contribution in [2.24, 2.45) is 0 Å². The molecule has 3 heteroatoms. The summed E-state index contributed by atoms with van der Waals surface area (Å²) in [6, 6.07) is 4.98. The Hall–Kier alpha value is -1.38. The molecule has 2 aromatic rings. The normalized spacial score (nSPS) is 12.3. The number of rotatable bonds is 2. The third kappa shape index (κ3) is 1.62. The van der Waals surface area contributed by atoms with Gasteiger partial charge in [-0.2, -0.15) is 0 Å². The van der Waals surface area contributed by atoms with Gasteiger partial charge in [0.15, 0.2) is 5.82 Å². The number of fused-ring (bicyclic) bond motifs is 1. The average Bonchev–Trinajstić information content (AvgIpc) is 2.64. The number of aromatic amines is 1. The van der Waals surface area contributed by atoms with E-state index in [1.807, 2.05) is 6.07 Å². The Balaban J connectivity index is 2.62. The fourth-order valence-electron chi connectivity index (χ4n) is 1.49. The molecule has 0 amide bonds. The number of imidazole rings is 1. The van der Waals surface area contributed by atoms with Crippen molar-refractivity contribution < 1.29 is 4.39 Å². The summed E-state index contributed by atoms with van der Waals surface area (Å²) in [5.41, 5.74) is 1.17. The maximum atomic E-state index is 13.4. The van der Waals surface area contributed by atoms with Crippen LogP contribution in [-0.2, 0) is 5.41 Å². The molecule has 0 saturated carbocycles. The van der Waals surface area contributed by atoms with Gasteiger partial charge < -0.3 is 4.98 Å². The van der Waals surface area contributed by atoms with Crippen LogP contribution in [0.5, 0.6) is 0 Å². The molecule has 0 fully saturated rings. The van der Waals surface area contributed by atoms with Gasteiger partial charge in [0.25, 0.3) is 0 Å². The third-order valence-electron chi connectivity index (χ3n) is 2.99. The lowest BCUT2D eigenvalue weighted by Gasteiger charge is -2.18. The van der Waals surface area contributed by atoms with E-state index in [0.29, 0.717) is 5.52 Å². The summed E-state index contributed by atoms with van der Waals surface area (Å²) < 4.78 is 13.4. The zero-order valence-electron chi connectivity index (χ0n) is 9.26. The molecule has 1 aromatic carbocycles. The first-order valence-electron chi connectivity index (χ1n) is 5.19. The molecule has 0 atom stereocenters. The fourth-order valence-corrected chi connectivity index (χ4v) is 1.49. The molecule has 1 heterocycles. The number of halogens is 1. The molecule has 15 heavy (non-hydrogen) atoms. The van der Waals surface area contributed by atoms with Crippen LogP contribution in [0.4, 0.5) is 4.39 Å². The molecule has 0 bridgehead atoms. The van der Waals surface area contributed by atoms with Crippen LogP contribution < -0.4 is 0 Å². The Labute approximate surface area is 88.5 Å². The number of hydrogen-bond donors (Lipinski definition) is 1. The van der Waals surface area contributed by atoms with E-state index in [0.717, 1.165) is 17.8 Å². The monoisotopic (exact) mass is 206 g/mol. The second kappa shape index (κ2) is 3.33. The predicted molar refractivity (Wildman–Crippen MR) is 59.4 cm³/mol. The van der Waals surface area contributed by atoms with E-state index in [9.17, 15) is 4.39 Å². The summed E-state index contributed by atoms with van der Waals surface area (Å²) in [4.78, 5) is 7.50. The Morgan fingerprint density at radius 2 is 2.13 bits per heavy atom. The van der Waals surface area contributed by atoms with Crippen molar-refractivity contribution in [3.05, 3.63) is 29.8 Å². The topological polar surface area (TPSA) is 28.7 Å². The van der Waals surface area contributed by atoms with Gasteiger partial charge in [0.2, 0.25) is 0 Å². The van der Waals surface area contributed by atoms with Gasteiger partial charge in [-0.1, -0.05) is 26.8 Å². The Kier molecular flexibility index (Phi) is 2.25. The standard InChI is InChI=1S/C12H15FN2/c1-4-12(2,3)11-14-9-7-5-6-8(13)10(9)15-11/h5-7H,4H2,1-3H3,(H,14,15). The van der Waals surface area contributed by atoms with Crippen LogP contribution in [0.25, 0.3) is 11.0 Å². The van der Waals surface area contributed by atoms with Crippen molar-refractivity contribution >= 4 is 11.0 Å². The first kappa shape index (κ1) is 10.1. The molecule has 0 aliphatic heterocycles. The summed E-state index contributed by atoms with van der Waals surface area (Å²) in [6.45, 7) is 6.30. The maximum absolute atomic E-state index is 13.4. The van der Waals surface area contributed by atoms with Crippen molar-refractivity contribution in [1.82, 2.24) is 9.97 Å². The molecule has 0 aliphatic carbocycles. The second-order valence-electron chi connectivity index (χ2n) is 4.46. The molecule has 1 N–H and O–H groups in total. The summed E-state index contributed by atoms with van der Waals surface area (Å²) in [5, 5.41) is 0. The highest BCUT2D eigenvalue weighted by atomic mass is 19.1. The van der Waals surface area contributed by atoms with Crippen LogP contribution in [0.15, 0.2) is 18.2 Å². The minimum absolute atomic E-state index is 0.0362. The van der Waals surface area contributed by atoms with Crippen molar-refractivity contribution in [1.29, 1.82) is 0 Å². The molecule has 0 unspecified atom stereocenters. The number of aromatic nitrogens is 2. The maximum Gasteiger partial charge on any atom is 0.151 e. The van der Waals surface area contributed by atoms with E-state index in [4.69, 9.17) is 0 Å². The summed E-state index contributed by atoms with van der Waals surface area (Å²) >= 11 is 0. The van der Waals surface area contributed by atoms with E-state index in [1.54, 1.807) is 6.07 Å². The van der Waals surface area contributed by atoms with E-state index in [2.05, 4.69) is 30.7 Å². The van der Waals surface area contributed by atoms with Crippen LogP contribution in [0.2, 0.25) is 0 Å². The van der Waals surface area contributed by atoms with Crippen molar-refractivity contribution in [3.63, 3.8) is 0 Å². The van der Waals surface area contributed by atoms with E-state index >= 15 is 0 Å². The predicted octanol–water partition coefficient (Wildman–Crippen LogP) is 3.39. The summed E-state index contributed by atoms with van der Waals surface area (Å²) in [5.74, 6) is 0.590. The van der Waals surface area contributed by atoms with E-state index < -0.39 is 0 Å². The quantitative estimate of drug-likeness (QED) is 0.801. The highest BCUT2D eigenvalue weighted by Crippen LogP contribution is 2.26. The van der Waals surface area contributed by atoms with Gasteiger partial charge in [-0.3, -0.25) is 0 Å². The lowest BCUT2D eigenvalue weighted by Crippen LogP contribution is -2.17. The largest absolute Gasteiger partial charge is 0.341 e. The molecule has 2 nitrogen and oxygen atoms in total. The molecule has 0 spiro atoms. The van der Waals surface area contributed by atoms with Crippen LogP contribution in [-0.4, -0.2) is 9.97 Å². The fraction of sp³-hybridized carbons (Fsp3) is 0.417. The number of nitrogens with one attached hydrogen (secondary N) is 1. The van der Waals surface area contributed by atoms with Gasteiger partial charge in [0.05, 0.1) is 5.52 Å². The first-order valence-corrected chi connectivity index (χ1v) is 5.19. The summed E-state index contributed by atoms with van der Waals surface area (Å²) in [6.07, 6.45) is 0.967. The molecule has 1 aromatic heterocycles. The van der Waals surface area contributed by atoms with Gasteiger partial charge in [-0.25, -0.2) is 9.37 Å². The lowest BCUT2D eigenvalue weighted by molar-refractivity contribution is 0.479. The van der Waals surface area contributed by atoms with Crippen LogP contribution in [0.1, 0.15) is 33.0 Å². The average molecular weight is 206 g/mol. The van der Waals surface area contributed by atoms with E-state index in [1.165, 1.54) is 6.07 Å². The number of H-pyrrole nitrogens is 1. The molecule has 0 radical (unpaired) electrons. The Morgan fingerprint density at radius 3 is 2.73 bits per heavy atom. The molecule has 0 aliphatic rings. The zero-order chi connectivity index (χ0) is 11.1. The Bertz CT molecular complexity index is 485. The SMILES string of the molecule is CCC(C)(C)c1nc2c(F)cccc2[nH]1. The highest BCUT2D eigenvalue weighted by Gasteiger charge is 2.22. The third-order valence-corrected chi connectivity index (χ3v) is 2.99. The van der Waals surface area contributed by atoms with Crippen molar-refractivity contribution in [2.75, 3.05) is 0 Å².